The number of nitro groups is 1. The van der Waals surface area contributed by atoms with Gasteiger partial charge in [0.05, 0.1) is 11.5 Å². The molecule has 2 N–H and O–H groups in total. The zero-order chi connectivity index (χ0) is 10.8. The first-order chi connectivity index (χ1) is 7.18. The molecule has 2 aromatic rings. The molecule has 0 bridgehead atoms. The van der Waals surface area contributed by atoms with Crippen LogP contribution in [0.5, 0.6) is 0 Å². The van der Waals surface area contributed by atoms with Gasteiger partial charge in [-0.2, -0.15) is 5.10 Å². The first-order valence-electron chi connectivity index (χ1n) is 4.02. The fraction of sp³-hybridized carbons (Fsp3) is 0.143. The van der Waals surface area contributed by atoms with Crippen molar-refractivity contribution < 1.29 is 4.92 Å². The molecule has 0 saturated carbocycles. The molecule has 0 fully saturated rings. The lowest BCUT2D eigenvalue weighted by Crippen LogP contribution is -2.06. The van der Waals surface area contributed by atoms with E-state index in [-0.39, 0.29) is 11.5 Å². The molecule has 8 heteroatoms. The van der Waals surface area contributed by atoms with Crippen LogP contribution in [-0.2, 0) is 6.54 Å². The highest BCUT2D eigenvalue weighted by atomic mass is 32.1. The van der Waals surface area contributed by atoms with Crippen molar-refractivity contribution in [3.8, 4) is 0 Å². The molecule has 0 saturated heterocycles. The van der Waals surface area contributed by atoms with E-state index in [1.807, 2.05) is 5.38 Å². The van der Waals surface area contributed by atoms with Crippen molar-refractivity contribution in [2.75, 3.05) is 5.73 Å². The minimum absolute atomic E-state index is 0.0511. The van der Waals surface area contributed by atoms with E-state index in [0.29, 0.717) is 6.54 Å². The van der Waals surface area contributed by atoms with Gasteiger partial charge in [-0.1, -0.05) is 0 Å². The Hall–Kier alpha value is -1.96. The summed E-state index contributed by atoms with van der Waals surface area (Å²) < 4.78 is 1.36. The van der Waals surface area contributed by atoms with Gasteiger partial charge >= 0.3 is 5.69 Å². The van der Waals surface area contributed by atoms with Gasteiger partial charge in [0.25, 0.3) is 0 Å². The molecule has 2 rings (SSSR count). The molecular formula is C7H7N5O2S. The number of hydrogen-bond acceptors (Lipinski definition) is 6. The van der Waals surface area contributed by atoms with Crippen LogP contribution in [0, 0.1) is 10.1 Å². The Morgan fingerprint density at radius 3 is 3.00 bits per heavy atom. The van der Waals surface area contributed by atoms with E-state index in [0.717, 1.165) is 11.2 Å². The van der Waals surface area contributed by atoms with Crippen LogP contribution in [0.25, 0.3) is 0 Å². The fourth-order valence-corrected chi connectivity index (χ4v) is 1.71. The maximum absolute atomic E-state index is 10.5. The summed E-state index contributed by atoms with van der Waals surface area (Å²) in [6, 6.07) is 0. The molecule has 0 radical (unpaired) electrons. The summed E-state index contributed by atoms with van der Waals surface area (Å²) in [6.45, 7) is 0.358. The highest BCUT2D eigenvalue weighted by Crippen LogP contribution is 2.20. The Balaban J connectivity index is 2.27. The topological polar surface area (TPSA) is 99.9 Å². The predicted octanol–water partition coefficient (Wildman–Crippen LogP) is 0.878. The van der Waals surface area contributed by atoms with Crippen molar-refractivity contribution in [2.24, 2.45) is 0 Å². The molecule has 0 atom stereocenters. The number of rotatable bonds is 3. The highest BCUT2D eigenvalue weighted by Gasteiger charge is 2.17. The molecule has 2 aromatic heterocycles. The van der Waals surface area contributed by atoms with Gasteiger partial charge in [0.2, 0.25) is 5.82 Å². The summed E-state index contributed by atoms with van der Waals surface area (Å²) in [5.74, 6) is 0.0511. The van der Waals surface area contributed by atoms with E-state index in [1.54, 1.807) is 6.20 Å². The largest absolute Gasteiger partial charge is 0.378 e. The molecule has 2 heterocycles. The SMILES string of the molecule is Nc1c([N+](=O)[O-])cnn1Cc1nccs1. The maximum atomic E-state index is 10.5. The molecule has 7 nitrogen and oxygen atoms in total. The zero-order valence-electron chi connectivity index (χ0n) is 7.53. The van der Waals surface area contributed by atoms with Crippen molar-refractivity contribution in [1.29, 1.82) is 0 Å². The van der Waals surface area contributed by atoms with Crippen LogP contribution in [0.4, 0.5) is 11.5 Å². The third kappa shape index (κ3) is 1.79. The van der Waals surface area contributed by atoms with E-state index < -0.39 is 4.92 Å². The van der Waals surface area contributed by atoms with Gasteiger partial charge in [0.15, 0.2) is 0 Å². The number of nitrogens with two attached hydrogens (primary N) is 1. The van der Waals surface area contributed by atoms with Gasteiger partial charge in [-0.15, -0.1) is 11.3 Å². The molecule has 0 aromatic carbocycles. The van der Waals surface area contributed by atoms with Crippen LogP contribution in [0.2, 0.25) is 0 Å². The van der Waals surface area contributed by atoms with Gasteiger partial charge in [-0.05, 0) is 0 Å². The van der Waals surface area contributed by atoms with Crippen LogP contribution in [0.1, 0.15) is 5.01 Å². The summed E-state index contributed by atoms with van der Waals surface area (Å²) >= 11 is 1.45. The van der Waals surface area contributed by atoms with Crippen LogP contribution in [-0.4, -0.2) is 19.7 Å². The summed E-state index contributed by atoms with van der Waals surface area (Å²) in [6.07, 6.45) is 2.80. The van der Waals surface area contributed by atoms with Crippen molar-refractivity contribution in [1.82, 2.24) is 14.8 Å². The highest BCUT2D eigenvalue weighted by molar-refractivity contribution is 7.09. The van der Waals surface area contributed by atoms with Gasteiger partial charge in [-0.3, -0.25) is 10.1 Å². The lowest BCUT2D eigenvalue weighted by molar-refractivity contribution is -0.384. The molecule has 78 valence electrons. The summed E-state index contributed by atoms with van der Waals surface area (Å²) in [7, 11) is 0. The van der Waals surface area contributed by atoms with Gasteiger partial charge in [0.1, 0.15) is 11.2 Å². The second-order valence-corrected chi connectivity index (χ2v) is 3.73. The number of aromatic nitrogens is 3. The molecule has 0 aliphatic heterocycles. The normalized spacial score (nSPS) is 10.4. The second-order valence-electron chi connectivity index (χ2n) is 2.76. The van der Waals surface area contributed by atoms with E-state index in [4.69, 9.17) is 5.73 Å². The molecule has 0 amide bonds. The van der Waals surface area contributed by atoms with E-state index in [9.17, 15) is 10.1 Å². The van der Waals surface area contributed by atoms with Crippen molar-refractivity contribution >= 4 is 22.8 Å². The Morgan fingerprint density at radius 2 is 2.47 bits per heavy atom. The van der Waals surface area contributed by atoms with Gasteiger partial charge in [-0.25, -0.2) is 9.67 Å². The summed E-state index contributed by atoms with van der Waals surface area (Å²) in [5.41, 5.74) is 5.38. The Bertz CT molecular complexity index is 478. The van der Waals surface area contributed by atoms with Crippen LogP contribution in [0.15, 0.2) is 17.8 Å². The summed E-state index contributed by atoms with van der Waals surface area (Å²) in [5, 5.41) is 17.0. The zero-order valence-corrected chi connectivity index (χ0v) is 8.35. The number of nitrogen functional groups attached to an aromatic ring is 1. The molecule has 0 aliphatic carbocycles. The van der Waals surface area contributed by atoms with Crippen LogP contribution < -0.4 is 5.73 Å². The van der Waals surface area contributed by atoms with Gasteiger partial charge < -0.3 is 5.73 Å². The maximum Gasteiger partial charge on any atom is 0.330 e. The van der Waals surface area contributed by atoms with Gasteiger partial charge in [0, 0.05) is 11.6 Å². The Morgan fingerprint density at radius 1 is 1.67 bits per heavy atom. The summed E-state index contributed by atoms with van der Waals surface area (Å²) in [4.78, 5) is 14.0. The Kier molecular flexibility index (Phi) is 2.34. The smallest absolute Gasteiger partial charge is 0.330 e. The molecule has 0 aliphatic rings. The van der Waals surface area contributed by atoms with Crippen molar-refractivity contribution in [2.45, 2.75) is 6.54 Å². The van der Waals surface area contributed by atoms with Crippen molar-refractivity contribution in [3.63, 3.8) is 0 Å². The molecule has 0 unspecified atom stereocenters. The number of nitrogens with zero attached hydrogens (tertiary/aromatic N) is 4. The standard InChI is InChI=1S/C7H7N5O2S/c8-7-5(12(13)14)3-10-11(7)4-6-9-1-2-15-6/h1-3H,4,8H2. The minimum Gasteiger partial charge on any atom is -0.378 e. The number of hydrogen-bond donors (Lipinski definition) is 1. The predicted molar refractivity (Wildman–Crippen MR) is 54.5 cm³/mol. The fourth-order valence-electron chi connectivity index (χ4n) is 1.11. The minimum atomic E-state index is -0.555. The van der Waals surface area contributed by atoms with E-state index in [1.165, 1.54) is 16.0 Å². The Labute approximate surface area is 88.3 Å². The third-order valence-electron chi connectivity index (χ3n) is 1.83. The van der Waals surface area contributed by atoms with Crippen LogP contribution >= 0.6 is 11.3 Å². The van der Waals surface area contributed by atoms with E-state index >= 15 is 0 Å². The lowest BCUT2D eigenvalue weighted by Gasteiger charge is -1.98. The monoisotopic (exact) mass is 225 g/mol. The quantitative estimate of drug-likeness (QED) is 0.617. The lowest BCUT2D eigenvalue weighted by atomic mass is 10.5. The molecular weight excluding hydrogens is 218 g/mol. The first-order valence-corrected chi connectivity index (χ1v) is 4.90. The van der Waals surface area contributed by atoms with E-state index in [2.05, 4.69) is 10.1 Å². The average Bonchev–Trinajstić information content (AvgIpc) is 2.78. The average molecular weight is 225 g/mol. The molecule has 0 spiro atoms. The van der Waals surface area contributed by atoms with Crippen molar-refractivity contribution in [3.05, 3.63) is 32.9 Å². The molecule has 15 heavy (non-hydrogen) atoms. The second kappa shape index (κ2) is 3.65. The number of thiazole rings is 1. The van der Waals surface area contributed by atoms with Crippen LogP contribution in [0.3, 0.4) is 0 Å². The third-order valence-corrected chi connectivity index (χ3v) is 2.59. The first kappa shape index (κ1) is 9.59. The number of anilines is 1.